The van der Waals surface area contributed by atoms with Gasteiger partial charge in [0.1, 0.15) is 11.4 Å². The molecule has 0 unspecified atom stereocenters. The van der Waals surface area contributed by atoms with E-state index < -0.39 is 0 Å². The first-order valence-electron chi connectivity index (χ1n) is 7.53. The van der Waals surface area contributed by atoms with Crippen molar-refractivity contribution >= 4 is 5.65 Å². The predicted octanol–water partition coefficient (Wildman–Crippen LogP) is 1.26. The molecule has 0 fully saturated rings. The highest BCUT2D eigenvalue weighted by Gasteiger charge is 2.20. The normalized spacial score (nSPS) is 11.7. The third kappa shape index (κ3) is 2.05. The summed E-state index contributed by atoms with van der Waals surface area (Å²) in [5, 5.41) is 4.65. The van der Waals surface area contributed by atoms with Crippen LogP contribution in [0.4, 0.5) is 0 Å². The summed E-state index contributed by atoms with van der Waals surface area (Å²) in [6.45, 7) is 3.87. The minimum absolute atomic E-state index is 0.0701. The van der Waals surface area contributed by atoms with E-state index in [1.165, 1.54) is 0 Å². The molecule has 4 rings (SSSR count). The summed E-state index contributed by atoms with van der Waals surface area (Å²) in [5.74, 6) is 0.502. The number of imidazole rings is 3. The Balaban J connectivity index is 2.08. The van der Waals surface area contributed by atoms with Gasteiger partial charge in [-0.05, 0) is 13.8 Å². The van der Waals surface area contributed by atoms with Gasteiger partial charge in [-0.25, -0.2) is 19.5 Å². The Kier molecular flexibility index (Phi) is 3.08. The highest BCUT2D eigenvalue weighted by Crippen LogP contribution is 2.20. The van der Waals surface area contributed by atoms with E-state index in [0.717, 1.165) is 5.69 Å². The maximum Gasteiger partial charge on any atom is 0.297 e. The molecule has 4 aromatic rings. The first-order chi connectivity index (χ1) is 11.6. The van der Waals surface area contributed by atoms with Gasteiger partial charge in [0.25, 0.3) is 5.56 Å². The Hall–Kier alpha value is -3.23. The van der Waals surface area contributed by atoms with Gasteiger partial charge in [-0.2, -0.15) is 0 Å². The van der Waals surface area contributed by atoms with Crippen LogP contribution in [0, 0.1) is 0 Å². The summed E-state index contributed by atoms with van der Waals surface area (Å²) in [6.07, 6.45) is 8.37. The Labute approximate surface area is 136 Å². The third-order valence-corrected chi connectivity index (χ3v) is 3.80. The summed E-state index contributed by atoms with van der Waals surface area (Å²) in [6, 6.07) is -0.0701. The zero-order chi connectivity index (χ0) is 16.8. The number of H-pyrrole nitrogens is 1. The van der Waals surface area contributed by atoms with Gasteiger partial charge in [0.05, 0.1) is 30.7 Å². The largest absolute Gasteiger partial charge is 0.343 e. The van der Waals surface area contributed by atoms with E-state index in [9.17, 15) is 4.79 Å². The predicted molar refractivity (Wildman–Crippen MR) is 87.4 cm³/mol. The van der Waals surface area contributed by atoms with Gasteiger partial charge in [-0.15, -0.1) is 5.10 Å². The Morgan fingerprint density at radius 1 is 1.21 bits per heavy atom. The minimum Gasteiger partial charge on any atom is -0.343 e. The smallest absolute Gasteiger partial charge is 0.297 e. The lowest BCUT2D eigenvalue weighted by Crippen LogP contribution is -2.28. The Morgan fingerprint density at radius 3 is 2.67 bits per heavy atom. The van der Waals surface area contributed by atoms with E-state index >= 15 is 0 Å². The molecule has 9 nitrogen and oxygen atoms in total. The highest BCUT2D eigenvalue weighted by molar-refractivity contribution is 5.59. The molecule has 0 aliphatic heterocycles. The number of nitrogens with zero attached hydrogens (tertiary/aromatic N) is 7. The number of nitrogens with one attached hydrogen (secondary N) is 1. The van der Waals surface area contributed by atoms with Crippen LogP contribution in [0.2, 0.25) is 0 Å². The van der Waals surface area contributed by atoms with Crippen LogP contribution in [0.25, 0.3) is 28.6 Å². The lowest BCUT2D eigenvalue weighted by atomic mass is 10.3. The third-order valence-electron chi connectivity index (χ3n) is 3.80. The number of aromatic amines is 1. The standard InChI is InChI=1S/C15H16N8O/c1-9(2)22-13(11-6-21(3)8-19-11)20-23-12(10-4-16-7-18-10)5-17-14(23)15(22)24/h4-9H,1-3H3,(H,16,18). The van der Waals surface area contributed by atoms with Gasteiger partial charge >= 0.3 is 0 Å². The number of aryl methyl sites for hydroxylation is 1. The average molecular weight is 324 g/mol. The number of rotatable bonds is 3. The quantitative estimate of drug-likeness (QED) is 0.612. The zero-order valence-corrected chi connectivity index (χ0v) is 13.5. The molecule has 0 saturated heterocycles. The molecule has 0 bridgehead atoms. The summed E-state index contributed by atoms with van der Waals surface area (Å²) >= 11 is 0. The summed E-state index contributed by atoms with van der Waals surface area (Å²) in [4.78, 5) is 28.5. The fourth-order valence-corrected chi connectivity index (χ4v) is 2.70. The van der Waals surface area contributed by atoms with Gasteiger partial charge in [0, 0.05) is 19.3 Å². The lowest BCUT2D eigenvalue weighted by molar-refractivity contribution is 0.565. The van der Waals surface area contributed by atoms with Crippen LogP contribution in [0.1, 0.15) is 19.9 Å². The van der Waals surface area contributed by atoms with E-state index in [1.54, 1.807) is 34.1 Å². The number of fused-ring (bicyclic) bond motifs is 1. The molecule has 0 atom stereocenters. The van der Waals surface area contributed by atoms with Crippen molar-refractivity contribution in [1.29, 1.82) is 0 Å². The highest BCUT2D eigenvalue weighted by atomic mass is 16.1. The second-order valence-electron chi connectivity index (χ2n) is 5.86. The van der Waals surface area contributed by atoms with E-state index in [1.807, 2.05) is 31.7 Å². The molecule has 0 amide bonds. The monoisotopic (exact) mass is 324 g/mol. The van der Waals surface area contributed by atoms with Gasteiger partial charge in [-0.3, -0.25) is 9.36 Å². The Bertz CT molecular complexity index is 1070. The van der Waals surface area contributed by atoms with Crippen LogP contribution in [0.5, 0.6) is 0 Å². The molecular formula is C15H16N8O. The molecule has 0 saturated carbocycles. The number of aromatic nitrogens is 8. The lowest BCUT2D eigenvalue weighted by Gasteiger charge is -2.14. The van der Waals surface area contributed by atoms with Crippen molar-refractivity contribution in [2.45, 2.75) is 19.9 Å². The van der Waals surface area contributed by atoms with Gasteiger partial charge in [-0.1, -0.05) is 0 Å². The molecular weight excluding hydrogens is 308 g/mol. The molecule has 4 aromatic heterocycles. The summed E-state index contributed by atoms with van der Waals surface area (Å²) < 4.78 is 4.97. The fourth-order valence-electron chi connectivity index (χ4n) is 2.70. The van der Waals surface area contributed by atoms with E-state index in [0.29, 0.717) is 17.2 Å². The molecule has 122 valence electrons. The topological polar surface area (TPSA) is 98.7 Å². The van der Waals surface area contributed by atoms with Crippen LogP contribution in [0.3, 0.4) is 0 Å². The van der Waals surface area contributed by atoms with Crippen LogP contribution in [-0.2, 0) is 7.05 Å². The summed E-state index contributed by atoms with van der Waals surface area (Å²) in [7, 11) is 1.88. The van der Waals surface area contributed by atoms with E-state index in [4.69, 9.17) is 0 Å². The molecule has 0 spiro atoms. The zero-order valence-electron chi connectivity index (χ0n) is 13.5. The maximum atomic E-state index is 12.9. The van der Waals surface area contributed by atoms with Gasteiger partial charge < -0.3 is 9.55 Å². The van der Waals surface area contributed by atoms with Crippen molar-refractivity contribution < 1.29 is 0 Å². The van der Waals surface area contributed by atoms with Crippen molar-refractivity contribution in [1.82, 2.24) is 38.7 Å². The fraction of sp³-hybridized carbons (Fsp3) is 0.267. The van der Waals surface area contributed by atoms with Gasteiger partial charge in [0.15, 0.2) is 5.82 Å². The molecule has 0 aliphatic carbocycles. The van der Waals surface area contributed by atoms with Crippen molar-refractivity contribution in [2.24, 2.45) is 7.05 Å². The molecule has 9 heteroatoms. The maximum absolute atomic E-state index is 12.9. The van der Waals surface area contributed by atoms with E-state index in [-0.39, 0.29) is 17.2 Å². The molecule has 0 aromatic carbocycles. The van der Waals surface area contributed by atoms with Gasteiger partial charge in [0.2, 0.25) is 5.65 Å². The van der Waals surface area contributed by atoms with E-state index in [2.05, 4.69) is 25.0 Å². The molecule has 0 aliphatic rings. The second kappa shape index (κ2) is 5.15. The number of hydrogen-bond donors (Lipinski definition) is 1. The van der Waals surface area contributed by atoms with Crippen LogP contribution >= 0.6 is 0 Å². The minimum atomic E-state index is -0.202. The molecule has 24 heavy (non-hydrogen) atoms. The van der Waals surface area contributed by atoms with Crippen LogP contribution < -0.4 is 5.56 Å². The number of hydrogen-bond acceptors (Lipinski definition) is 5. The van der Waals surface area contributed by atoms with Crippen molar-refractivity contribution in [3.05, 3.63) is 41.6 Å². The van der Waals surface area contributed by atoms with Crippen LogP contribution in [-0.4, -0.2) is 38.7 Å². The van der Waals surface area contributed by atoms with Crippen LogP contribution in [0.15, 0.2) is 36.0 Å². The molecule has 1 N–H and O–H groups in total. The Morgan fingerprint density at radius 2 is 2.04 bits per heavy atom. The molecule has 4 heterocycles. The SMILES string of the molecule is CC(C)n1c(-c2cn(C)cn2)nn2c(-c3cnc[nH]3)cnc2c1=O. The van der Waals surface area contributed by atoms with Crippen molar-refractivity contribution in [2.75, 3.05) is 0 Å². The van der Waals surface area contributed by atoms with Crippen molar-refractivity contribution in [3.63, 3.8) is 0 Å². The average Bonchev–Trinajstić information content (AvgIpc) is 3.25. The first-order valence-corrected chi connectivity index (χ1v) is 7.53. The first kappa shape index (κ1) is 14.4. The molecule has 0 radical (unpaired) electrons. The second-order valence-corrected chi connectivity index (χ2v) is 5.86. The summed E-state index contributed by atoms with van der Waals surface area (Å²) in [5.41, 5.74) is 2.12. The van der Waals surface area contributed by atoms with Crippen molar-refractivity contribution in [3.8, 4) is 22.9 Å².